The Bertz CT molecular complexity index is 839. The van der Waals surface area contributed by atoms with E-state index in [-0.39, 0.29) is 21.2 Å². The minimum atomic E-state index is -5.61. The molecular weight excluding hydrogens is 501 g/mol. The molecule has 0 radical (unpaired) electrons. The molecule has 0 aromatic heterocycles. The van der Waals surface area contributed by atoms with E-state index in [1.807, 2.05) is 22.6 Å². The highest BCUT2D eigenvalue weighted by molar-refractivity contribution is 14.1. The molecule has 0 saturated carbocycles. The lowest BCUT2D eigenvalue weighted by Crippen LogP contribution is -2.39. The lowest BCUT2D eigenvalue weighted by molar-refractivity contribution is -0.0449. The van der Waals surface area contributed by atoms with E-state index in [0.717, 1.165) is 0 Å². The summed E-state index contributed by atoms with van der Waals surface area (Å²) in [5.41, 5.74) is -5.10. The first-order valence-electron chi connectivity index (χ1n) is 6.31. The minimum Gasteiger partial charge on any atom is -0.203 e. The van der Waals surface area contributed by atoms with Crippen LogP contribution < -0.4 is 4.72 Å². The van der Waals surface area contributed by atoms with Crippen molar-refractivity contribution in [1.82, 2.24) is 4.72 Å². The summed E-state index contributed by atoms with van der Waals surface area (Å²) in [6.45, 7) is 0. The number of halogens is 6. The number of rotatable bonds is 4. The van der Waals surface area contributed by atoms with E-state index in [4.69, 9.17) is 23.2 Å². The highest BCUT2D eigenvalue weighted by Crippen LogP contribution is 2.37. The van der Waals surface area contributed by atoms with Gasteiger partial charge in [0.15, 0.2) is 0 Å². The lowest BCUT2D eigenvalue weighted by atomic mass is 9.99. The number of benzene rings is 2. The molecule has 1 atom stereocenters. The van der Waals surface area contributed by atoms with Gasteiger partial charge in [0, 0.05) is 19.2 Å². The van der Waals surface area contributed by atoms with Gasteiger partial charge in [-0.05, 0) is 46.4 Å². The van der Waals surface area contributed by atoms with E-state index in [9.17, 15) is 21.6 Å². The van der Waals surface area contributed by atoms with Crippen molar-refractivity contribution in [3.8, 4) is 0 Å². The number of sulfonamides is 1. The number of hydrogen-bond acceptors (Lipinski definition) is 2. The Labute approximate surface area is 160 Å². The van der Waals surface area contributed by atoms with Crippen LogP contribution in [-0.4, -0.2) is 13.9 Å². The second-order valence-corrected chi connectivity index (χ2v) is 8.34. The van der Waals surface area contributed by atoms with E-state index >= 15 is 0 Å². The summed E-state index contributed by atoms with van der Waals surface area (Å²) >= 11 is 14.0. The Kier molecular flexibility index (Phi) is 6.07. The first-order valence-corrected chi connectivity index (χ1v) is 9.63. The van der Waals surface area contributed by atoms with Crippen molar-refractivity contribution in [1.29, 1.82) is 0 Å². The molecule has 10 heteroatoms. The molecule has 0 amide bonds. The van der Waals surface area contributed by atoms with Gasteiger partial charge in [0.2, 0.25) is 0 Å². The van der Waals surface area contributed by atoms with Gasteiger partial charge in [0.05, 0.1) is 6.04 Å². The zero-order valence-corrected chi connectivity index (χ0v) is 16.1. The van der Waals surface area contributed by atoms with Crippen molar-refractivity contribution in [2.75, 3.05) is 0 Å². The summed E-state index contributed by atoms with van der Waals surface area (Å²) in [5.74, 6) is 0. The van der Waals surface area contributed by atoms with Gasteiger partial charge in [0.1, 0.15) is 0 Å². The van der Waals surface area contributed by atoms with Gasteiger partial charge in [-0.3, -0.25) is 0 Å². The van der Waals surface area contributed by atoms with Crippen LogP contribution in [0, 0.1) is 3.57 Å². The maximum atomic E-state index is 12.8. The van der Waals surface area contributed by atoms with Gasteiger partial charge < -0.3 is 0 Å². The molecule has 3 nitrogen and oxygen atoms in total. The monoisotopic (exact) mass is 509 g/mol. The first kappa shape index (κ1) is 19.8. The number of alkyl halides is 3. The predicted molar refractivity (Wildman–Crippen MR) is 95.6 cm³/mol. The molecule has 2 aromatic carbocycles. The van der Waals surface area contributed by atoms with Crippen molar-refractivity contribution in [2.24, 2.45) is 0 Å². The van der Waals surface area contributed by atoms with Crippen LogP contribution in [0.4, 0.5) is 13.2 Å². The third kappa shape index (κ3) is 4.16. The van der Waals surface area contributed by atoms with Gasteiger partial charge in [0.25, 0.3) is 0 Å². The lowest BCUT2D eigenvalue weighted by Gasteiger charge is -2.23. The Morgan fingerprint density at radius 1 is 1.00 bits per heavy atom. The van der Waals surface area contributed by atoms with Crippen LogP contribution in [0.1, 0.15) is 17.2 Å². The zero-order valence-electron chi connectivity index (χ0n) is 11.6. The normalized spacial score (nSPS) is 13.8. The third-order valence-electron chi connectivity index (χ3n) is 3.08. The molecule has 0 spiro atoms. The molecule has 0 aliphatic heterocycles. The van der Waals surface area contributed by atoms with Crippen LogP contribution in [0.15, 0.2) is 42.5 Å². The summed E-state index contributed by atoms with van der Waals surface area (Å²) < 4.78 is 63.8. The smallest absolute Gasteiger partial charge is 0.203 e. The van der Waals surface area contributed by atoms with E-state index in [0.29, 0.717) is 3.57 Å². The fourth-order valence-corrected chi connectivity index (χ4v) is 4.18. The van der Waals surface area contributed by atoms with Crippen LogP contribution in [0.3, 0.4) is 0 Å². The molecule has 0 fully saturated rings. The molecule has 0 bridgehead atoms. The zero-order chi connectivity index (χ0) is 18.1. The second-order valence-electron chi connectivity index (χ2n) is 4.66. The predicted octanol–water partition coefficient (Wildman–Crippen LogP) is 5.13. The van der Waals surface area contributed by atoms with Crippen molar-refractivity contribution in [3.05, 3.63) is 67.2 Å². The topological polar surface area (TPSA) is 46.2 Å². The Morgan fingerprint density at radius 2 is 1.58 bits per heavy atom. The minimum absolute atomic E-state index is 0.114. The Balaban J connectivity index is 2.66. The molecular formula is C14H9Cl2F3INO2S. The highest BCUT2D eigenvalue weighted by Gasteiger charge is 2.47. The average Bonchev–Trinajstić information content (AvgIpc) is 2.45. The molecule has 2 aromatic rings. The van der Waals surface area contributed by atoms with Gasteiger partial charge in [-0.15, -0.1) is 0 Å². The van der Waals surface area contributed by atoms with E-state index in [1.54, 1.807) is 29.0 Å². The average molecular weight is 510 g/mol. The van der Waals surface area contributed by atoms with Gasteiger partial charge >= 0.3 is 15.5 Å². The summed E-state index contributed by atoms with van der Waals surface area (Å²) in [7, 11) is -5.61. The van der Waals surface area contributed by atoms with E-state index in [1.165, 1.54) is 18.2 Å². The molecule has 0 heterocycles. The molecule has 130 valence electrons. The van der Waals surface area contributed by atoms with Crippen LogP contribution in [0.5, 0.6) is 0 Å². The van der Waals surface area contributed by atoms with Gasteiger partial charge in [-0.25, -0.2) is 8.42 Å². The summed E-state index contributed by atoms with van der Waals surface area (Å²) in [5, 5.41) is 0.236. The van der Waals surface area contributed by atoms with Crippen molar-refractivity contribution in [3.63, 3.8) is 0 Å². The van der Waals surface area contributed by atoms with E-state index in [2.05, 4.69) is 0 Å². The summed E-state index contributed by atoms with van der Waals surface area (Å²) in [4.78, 5) is 0. The fraction of sp³-hybridized carbons (Fsp3) is 0.143. The van der Waals surface area contributed by atoms with Crippen molar-refractivity contribution >= 4 is 55.8 Å². The third-order valence-corrected chi connectivity index (χ3v) is 5.85. The first-order chi connectivity index (χ1) is 11.0. The molecule has 1 unspecified atom stereocenters. The van der Waals surface area contributed by atoms with Crippen molar-refractivity contribution in [2.45, 2.75) is 11.6 Å². The fourth-order valence-electron chi connectivity index (χ4n) is 2.00. The molecule has 0 saturated heterocycles. The van der Waals surface area contributed by atoms with Crippen molar-refractivity contribution < 1.29 is 21.6 Å². The molecule has 0 aliphatic rings. The number of hydrogen-bond donors (Lipinski definition) is 1. The van der Waals surface area contributed by atoms with Crippen LogP contribution in [0.2, 0.25) is 10.0 Å². The Hall–Kier alpha value is -0.550. The second kappa shape index (κ2) is 7.36. The van der Waals surface area contributed by atoms with Crippen LogP contribution in [0.25, 0.3) is 0 Å². The molecule has 1 N–H and O–H groups in total. The maximum absolute atomic E-state index is 12.8. The number of nitrogens with one attached hydrogen (secondary N) is 1. The molecule has 2 rings (SSSR count). The van der Waals surface area contributed by atoms with Gasteiger partial charge in [-0.1, -0.05) is 47.5 Å². The largest absolute Gasteiger partial charge is 0.511 e. The summed E-state index contributed by atoms with van der Waals surface area (Å²) in [6.07, 6.45) is 0. The molecule has 0 aliphatic carbocycles. The SMILES string of the molecule is O=S(=O)(NC(c1ccccc1Cl)c1c(Cl)cccc1I)C(F)(F)F. The van der Waals surface area contributed by atoms with Crippen LogP contribution in [-0.2, 0) is 10.0 Å². The maximum Gasteiger partial charge on any atom is 0.511 e. The van der Waals surface area contributed by atoms with E-state index < -0.39 is 21.6 Å². The highest BCUT2D eigenvalue weighted by atomic mass is 127. The van der Waals surface area contributed by atoms with Crippen LogP contribution >= 0.6 is 45.8 Å². The Morgan fingerprint density at radius 3 is 2.12 bits per heavy atom. The quantitative estimate of drug-likeness (QED) is 0.581. The summed E-state index contributed by atoms with van der Waals surface area (Å²) in [6, 6.07) is 9.30. The molecule has 24 heavy (non-hydrogen) atoms. The standard InChI is InChI=1S/C14H9Cl2F3INO2S/c15-9-5-2-1-4-8(9)13(21-24(22,23)14(17,18)19)12-10(16)6-3-7-11(12)20/h1-7,13,21H. The van der Waals surface area contributed by atoms with Gasteiger partial charge in [-0.2, -0.15) is 17.9 Å².